The minimum absolute atomic E-state index is 0.0362. The van der Waals surface area contributed by atoms with Crippen molar-refractivity contribution in [1.29, 1.82) is 0 Å². The Bertz CT molecular complexity index is 175. The first-order valence-electron chi connectivity index (χ1n) is 3.63. The second kappa shape index (κ2) is 3.37. The van der Waals surface area contributed by atoms with E-state index < -0.39 is 6.09 Å². The fourth-order valence-corrected chi connectivity index (χ4v) is 0.924. The largest absolute Gasteiger partial charge is 0.453 e. The molecule has 0 bridgehead atoms. The molecular weight excluding hydrogens is 146 g/mol. The zero-order valence-corrected chi connectivity index (χ0v) is 6.42. The number of carbonyl (C=O) groups excluding carboxylic acids is 2. The summed E-state index contributed by atoms with van der Waals surface area (Å²) in [5.74, 6) is -0.169. The van der Waals surface area contributed by atoms with E-state index in [1.54, 1.807) is 0 Å². The van der Waals surface area contributed by atoms with E-state index >= 15 is 0 Å². The number of alkyl carbamates (subject to hydrolysis) is 1. The lowest BCUT2D eigenvalue weighted by atomic mass is 9.85. The molecule has 0 unspecified atom stereocenters. The molecule has 0 heterocycles. The first kappa shape index (κ1) is 8.04. The van der Waals surface area contributed by atoms with Crippen LogP contribution in [0, 0.1) is 5.92 Å². The van der Waals surface area contributed by atoms with E-state index in [9.17, 15) is 9.59 Å². The summed E-state index contributed by atoms with van der Waals surface area (Å²) in [7, 11) is 1.24. The third-order valence-corrected chi connectivity index (χ3v) is 1.89. The Morgan fingerprint density at radius 1 is 1.45 bits per heavy atom. The molecule has 0 spiro atoms. The molecule has 0 aromatic carbocycles. The Morgan fingerprint density at radius 2 is 2.09 bits per heavy atom. The highest BCUT2D eigenvalue weighted by atomic mass is 16.5. The van der Waals surface area contributed by atoms with Crippen LogP contribution < -0.4 is 5.32 Å². The normalized spacial score (nSPS) is 16.8. The Balaban J connectivity index is 2.25. The van der Waals surface area contributed by atoms with Gasteiger partial charge >= 0.3 is 6.09 Å². The minimum Gasteiger partial charge on any atom is -0.453 e. The number of hydrogen-bond donors (Lipinski definition) is 1. The van der Waals surface area contributed by atoms with Crippen molar-refractivity contribution in [2.45, 2.75) is 19.3 Å². The molecule has 62 valence electrons. The highest BCUT2D eigenvalue weighted by Crippen LogP contribution is 2.25. The van der Waals surface area contributed by atoms with Crippen molar-refractivity contribution in [3.8, 4) is 0 Å². The smallest absolute Gasteiger partial charge is 0.413 e. The summed E-state index contributed by atoms with van der Waals surface area (Å²) >= 11 is 0. The fraction of sp³-hybridized carbons (Fsp3) is 0.714. The second-order valence-electron chi connectivity index (χ2n) is 2.61. The zero-order valence-electron chi connectivity index (χ0n) is 6.42. The molecule has 0 aromatic rings. The van der Waals surface area contributed by atoms with Crippen molar-refractivity contribution in [1.82, 2.24) is 5.32 Å². The quantitative estimate of drug-likeness (QED) is 0.608. The van der Waals surface area contributed by atoms with Gasteiger partial charge in [-0.15, -0.1) is 0 Å². The summed E-state index contributed by atoms with van der Waals surface area (Å²) in [6.07, 6.45) is 2.20. The highest BCUT2D eigenvalue weighted by molar-refractivity contribution is 5.93. The molecule has 0 radical (unpaired) electrons. The molecule has 4 heteroatoms. The van der Waals surface area contributed by atoms with Gasteiger partial charge in [0.15, 0.2) is 0 Å². The summed E-state index contributed by atoms with van der Waals surface area (Å²) < 4.78 is 4.27. The molecule has 1 aliphatic carbocycles. The van der Waals surface area contributed by atoms with Gasteiger partial charge in [0, 0.05) is 5.92 Å². The Hall–Kier alpha value is -1.06. The Labute approximate surface area is 64.9 Å². The number of carbonyl (C=O) groups is 2. The average Bonchev–Trinajstić information content (AvgIpc) is 1.83. The van der Waals surface area contributed by atoms with Gasteiger partial charge in [-0.25, -0.2) is 4.79 Å². The van der Waals surface area contributed by atoms with Gasteiger partial charge in [0.1, 0.15) is 0 Å². The van der Waals surface area contributed by atoms with Gasteiger partial charge < -0.3 is 4.74 Å². The SMILES string of the molecule is COC(=O)NC(=O)C1CCC1. The minimum atomic E-state index is -0.665. The molecule has 1 N–H and O–H groups in total. The Morgan fingerprint density at radius 3 is 2.45 bits per heavy atom. The van der Waals surface area contributed by atoms with E-state index in [0.717, 1.165) is 19.3 Å². The lowest BCUT2D eigenvalue weighted by Gasteiger charge is -2.22. The summed E-state index contributed by atoms with van der Waals surface area (Å²) in [5.41, 5.74) is 0. The van der Waals surface area contributed by atoms with Gasteiger partial charge in [0.25, 0.3) is 0 Å². The van der Waals surface area contributed by atoms with Crippen molar-refractivity contribution in [3.05, 3.63) is 0 Å². The average molecular weight is 157 g/mol. The van der Waals surface area contributed by atoms with Crippen LogP contribution in [0.1, 0.15) is 19.3 Å². The van der Waals surface area contributed by atoms with Crippen LogP contribution in [0.4, 0.5) is 4.79 Å². The zero-order chi connectivity index (χ0) is 8.27. The maximum absolute atomic E-state index is 11.0. The summed E-state index contributed by atoms with van der Waals surface area (Å²) in [6.45, 7) is 0. The van der Waals surface area contributed by atoms with Crippen LogP contribution in [0.2, 0.25) is 0 Å². The Kier molecular flexibility index (Phi) is 2.46. The molecule has 1 rings (SSSR count). The number of hydrogen-bond acceptors (Lipinski definition) is 3. The van der Waals surface area contributed by atoms with Crippen LogP contribution in [0.5, 0.6) is 0 Å². The van der Waals surface area contributed by atoms with Crippen molar-refractivity contribution in [2.24, 2.45) is 5.92 Å². The van der Waals surface area contributed by atoms with Gasteiger partial charge in [-0.3, -0.25) is 10.1 Å². The van der Waals surface area contributed by atoms with E-state index in [2.05, 4.69) is 10.1 Å². The molecule has 1 fully saturated rings. The summed E-state index contributed by atoms with van der Waals surface area (Å²) in [5, 5.41) is 2.13. The lowest BCUT2D eigenvalue weighted by molar-refractivity contribution is -0.126. The van der Waals surface area contributed by atoms with Crippen LogP contribution in [0.3, 0.4) is 0 Å². The van der Waals surface area contributed by atoms with Crippen molar-refractivity contribution >= 4 is 12.0 Å². The van der Waals surface area contributed by atoms with Gasteiger partial charge in [-0.1, -0.05) is 6.42 Å². The number of ether oxygens (including phenoxy) is 1. The maximum Gasteiger partial charge on any atom is 0.413 e. The first-order chi connectivity index (χ1) is 5.24. The monoisotopic (exact) mass is 157 g/mol. The third kappa shape index (κ3) is 1.93. The van der Waals surface area contributed by atoms with E-state index in [1.807, 2.05) is 0 Å². The van der Waals surface area contributed by atoms with Crippen LogP contribution in [0.25, 0.3) is 0 Å². The predicted octanol–water partition coefficient (Wildman–Crippen LogP) is 0.669. The van der Waals surface area contributed by atoms with E-state index in [1.165, 1.54) is 7.11 Å². The molecule has 1 aliphatic rings. The maximum atomic E-state index is 11.0. The van der Waals surface area contributed by atoms with Gasteiger partial charge in [0.05, 0.1) is 7.11 Å². The van der Waals surface area contributed by atoms with Crippen LogP contribution >= 0.6 is 0 Å². The number of amides is 2. The first-order valence-corrected chi connectivity index (χ1v) is 3.63. The fourth-order valence-electron chi connectivity index (χ4n) is 0.924. The highest BCUT2D eigenvalue weighted by Gasteiger charge is 2.26. The predicted molar refractivity (Wildman–Crippen MR) is 37.9 cm³/mol. The molecule has 0 aromatic heterocycles. The van der Waals surface area contributed by atoms with E-state index in [4.69, 9.17) is 0 Å². The van der Waals surface area contributed by atoms with Crippen molar-refractivity contribution < 1.29 is 14.3 Å². The third-order valence-electron chi connectivity index (χ3n) is 1.89. The second-order valence-corrected chi connectivity index (χ2v) is 2.61. The number of imide groups is 1. The van der Waals surface area contributed by atoms with Gasteiger partial charge in [-0.05, 0) is 12.8 Å². The molecule has 2 amide bonds. The molecule has 4 nitrogen and oxygen atoms in total. The number of rotatable bonds is 1. The lowest BCUT2D eigenvalue weighted by Crippen LogP contribution is -2.38. The standard InChI is InChI=1S/C7H11NO3/c1-11-7(10)8-6(9)5-3-2-4-5/h5H,2-4H2,1H3,(H,8,9,10). The number of methoxy groups -OCH3 is 1. The van der Waals surface area contributed by atoms with Crippen LogP contribution in [-0.4, -0.2) is 19.1 Å². The molecular formula is C7H11NO3. The number of nitrogens with one attached hydrogen (secondary N) is 1. The van der Waals surface area contributed by atoms with Crippen LogP contribution in [-0.2, 0) is 9.53 Å². The van der Waals surface area contributed by atoms with Crippen molar-refractivity contribution in [2.75, 3.05) is 7.11 Å². The van der Waals surface area contributed by atoms with Gasteiger partial charge in [-0.2, -0.15) is 0 Å². The van der Waals surface area contributed by atoms with E-state index in [0.29, 0.717) is 0 Å². The van der Waals surface area contributed by atoms with E-state index in [-0.39, 0.29) is 11.8 Å². The van der Waals surface area contributed by atoms with Crippen LogP contribution in [0.15, 0.2) is 0 Å². The molecule has 0 atom stereocenters. The molecule has 1 saturated carbocycles. The summed E-state index contributed by atoms with van der Waals surface area (Å²) in [6, 6.07) is 0. The molecule has 0 saturated heterocycles. The summed E-state index contributed by atoms with van der Waals surface area (Å²) in [4.78, 5) is 21.5. The van der Waals surface area contributed by atoms with Crippen molar-refractivity contribution in [3.63, 3.8) is 0 Å². The topological polar surface area (TPSA) is 55.4 Å². The van der Waals surface area contributed by atoms with Gasteiger partial charge in [0.2, 0.25) is 5.91 Å². The molecule has 0 aliphatic heterocycles. The molecule has 11 heavy (non-hydrogen) atoms.